The standard InChI is InChI=1S/C26H45N5O2/c1-21(2)18-24(31-14-16-33-17-15-31)19-27-26(32)28-25(22-8-6-5-7-9-22)20-30(4)23-10-12-29(3)13-11-23/h5-9,21,23-25H,10-20H2,1-4H3,(H2,27,28,32)/t24-,25+/m1/s1. The molecule has 33 heavy (non-hydrogen) atoms. The van der Waals surface area contributed by atoms with E-state index in [1.807, 2.05) is 6.07 Å². The molecule has 0 bridgehead atoms. The summed E-state index contributed by atoms with van der Waals surface area (Å²) < 4.78 is 5.53. The molecule has 0 saturated carbocycles. The Labute approximate surface area is 200 Å². The highest BCUT2D eigenvalue weighted by Gasteiger charge is 2.26. The first-order chi connectivity index (χ1) is 15.9. The van der Waals surface area contributed by atoms with Crippen molar-refractivity contribution in [2.24, 2.45) is 5.92 Å². The maximum Gasteiger partial charge on any atom is 0.315 e. The average molecular weight is 460 g/mol. The van der Waals surface area contributed by atoms with Gasteiger partial charge in [0.2, 0.25) is 0 Å². The van der Waals surface area contributed by atoms with Crippen LogP contribution in [0.25, 0.3) is 0 Å². The highest BCUT2D eigenvalue weighted by atomic mass is 16.5. The molecule has 1 aromatic rings. The number of morpholine rings is 1. The lowest BCUT2D eigenvalue weighted by molar-refractivity contribution is 0.0129. The summed E-state index contributed by atoms with van der Waals surface area (Å²) in [6.07, 6.45) is 3.43. The van der Waals surface area contributed by atoms with Crippen molar-refractivity contribution in [3.05, 3.63) is 35.9 Å². The molecule has 2 aliphatic heterocycles. The number of benzene rings is 1. The second kappa shape index (κ2) is 13.3. The van der Waals surface area contributed by atoms with Crippen molar-refractivity contribution in [1.82, 2.24) is 25.3 Å². The van der Waals surface area contributed by atoms with Crippen LogP contribution >= 0.6 is 0 Å². The molecule has 0 radical (unpaired) electrons. The molecule has 2 amide bonds. The topological polar surface area (TPSA) is 60.1 Å². The van der Waals surface area contributed by atoms with E-state index in [0.29, 0.717) is 24.5 Å². The van der Waals surface area contributed by atoms with Crippen molar-refractivity contribution in [2.45, 2.75) is 51.2 Å². The van der Waals surface area contributed by atoms with Gasteiger partial charge in [-0.25, -0.2) is 4.79 Å². The lowest BCUT2D eigenvalue weighted by atomic mass is 10.0. The summed E-state index contributed by atoms with van der Waals surface area (Å²) in [4.78, 5) is 20.3. The fourth-order valence-electron chi connectivity index (χ4n) is 5.06. The summed E-state index contributed by atoms with van der Waals surface area (Å²) in [6.45, 7) is 11.7. The molecule has 2 N–H and O–H groups in total. The van der Waals surface area contributed by atoms with Gasteiger partial charge in [-0.05, 0) is 57.9 Å². The second-order valence-corrected chi connectivity index (χ2v) is 10.2. The van der Waals surface area contributed by atoms with Crippen molar-refractivity contribution in [1.29, 1.82) is 0 Å². The van der Waals surface area contributed by atoms with Gasteiger partial charge in [-0.15, -0.1) is 0 Å². The van der Waals surface area contributed by atoms with E-state index >= 15 is 0 Å². The normalized spacial score (nSPS) is 20.7. The van der Waals surface area contributed by atoms with E-state index in [0.717, 1.165) is 57.9 Å². The number of nitrogens with one attached hydrogen (secondary N) is 2. The lowest BCUT2D eigenvalue weighted by Crippen LogP contribution is -2.51. The van der Waals surface area contributed by atoms with Crippen molar-refractivity contribution >= 4 is 6.03 Å². The summed E-state index contributed by atoms with van der Waals surface area (Å²) in [5.41, 5.74) is 1.15. The highest BCUT2D eigenvalue weighted by Crippen LogP contribution is 2.20. The van der Waals surface area contributed by atoms with E-state index in [1.165, 1.54) is 12.8 Å². The predicted octanol–water partition coefficient (Wildman–Crippen LogP) is 2.80. The Bertz CT molecular complexity index is 687. The van der Waals surface area contributed by atoms with Crippen molar-refractivity contribution in [2.75, 3.05) is 66.6 Å². The first-order valence-corrected chi connectivity index (χ1v) is 12.7. The van der Waals surface area contributed by atoms with E-state index in [9.17, 15) is 4.79 Å². The van der Waals surface area contributed by atoms with Gasteiger partial charge in [-0.3, -0.25) is 4.90 Å². The number of rotatable bonds is 10. The Morgan fingerprint density at radius 3 is 2.42 bits per heavy atom. The van der Waals surface area contributed by atoms with Crippen LogP contribution in [0.1, 0.15) is 44.7 Å². The van der Waals surface area contributed by atoms with Crippen LogP contribution < -0.4 is 10.6 Å². The number of likely N-dealkylation sites (N-methyl/N-ethyl adjacent to an activating group) is 1. The predicted molar refractivity (Wildman–Crippen MR) is 135 cm³/mol. The molecule has 0 spiro atoms. The van der Waals surface area contributed by atoms with Crippen molar-refractivity contribution < 1.29 is 9.53 Å². The second-order valence-electron chi connectivity index (χ2n) is 10.2. The minimum atomic E-state index is -0.0809. The molecule has 3 rings (SSSR count). The van der Waals surface area contributed by atoms with Crippen LogP contribution in [0.3, 0.4) is 0 Å². The highest BCUT2D eigenvalue weighted by molar-refractivity contribution is 5.74. The number of hydrogen-bond acceptors (Lipinski definition) is 5. The van der Waals surface area contributed by atoms with Crippen LogP contribution in [0.15, 0.2) is 30.3 Å². The van der Waals surface area contributed by atoms with Gasteiger partial charge in [0, 0.05) is 38.3 Å². The summed E-state index contributed by atoms with van der Waals surface area (Å²) in [5.74, 6) is 0.586. The third kappa shape index (κ3) is 8.56. The smallest absolute Gasteiger partial charge is 0.315 e. The molecule has 2 aliphatic rings. The lowest BCUT2D eigenvalue weighted by Gasteiger charge is -2.37. The molecule has 2 saturated heterocycles. The Kier molecular flexibility index (Phi) is 10.4. The zero-order valence-corrected chi connectivity index (χ0v) is 21.1. The number of nitrogens with zero attached hydrogens (tertiary/aromatic N) is 3. The molecule has 2 fully saturated rings. The fraction of sp³-hybridized carbons (Fsp3) is 0.731. The average Bonchev–Trinajstić information content (AvgIpc) is 2.82. The third-order valence-electron chi connectivity index (χ3n) is 7.09. The number of urea groups is 1. The summed E-state index contributed by atoms with van der Waals surface area (Å²) in [7, 11) is 4.39. The van der Waals surface area contributed by atoms with Gasteiger partial charge in [-0.2, -0.15) is 0 Å². The van der Waals surface area contributed by atoms with Gasteiger partial charge in [0.05, 0.1) is 19.3 Å². The Morgan fingerprint density at radius 2 is 1.79 bits per heavy atom. The molecule has 0 aliphatic carbocycles. The number of amides is 2. The van der Waals surface area contributed by atoms with Crippen molar-refractivity contribution in [3.8, 4) is 0 Å². The minimum Gasteiger partial charge on any atom is -0.379 e. The Hall–Kier alpha value is -1.67. The van der Waals surface area contributed by atoms with E-state index in [1.54, 1.807) is 0 Å². The zero-order valence-electron chi connectivity index (χ0n) is 21.1. The number of hydrogen-bond donors (Lipinski definition) is 2. The summed E-state index contributed by atoms with van der Waals surface area (Å²) in [5, 5.41) is 6.46. The Morgan fingerprint density at radius 1 is 1.12 bits per heavy atom. The molecule has 1 aromatic carbocycles. The minimum absolute atomic E-state index is 0.0391. The molecule has 2 atom stereocenters. The fourth-order valence-corrected chi connectivity index (χ4v) is 5.06. The van der Waals surface area contributed by atoms with Crippen LogP contribution in [0.4, 0.5) is 4.79 Å². The molecule has 7 heteroatoms. The first-order valence-electron chi connectivity index (χ1n) is 12.7. The van der Waals surface area contributed by atoms with E-state index < -0.39 is 0 Å². The van der Waals surface area contributed by atoms with Crippen LogP contribution in [0.5, 0.6) is 0 Å². The van der Waals surface area contributed by atoms with Gasteiger partial charge in [-0.1, -0.05) is 44.2 Å². The number of carbonyl (C=O) groups is 1. The van der Waals surface area contributed by atoms with E-state index in [-0.39, 0.29) is 12.1 Å². The van der Waals surface area contributed by atoms with E-state index in [4.69, 9.17) is 4.74 Å². The number of carbonyl (C=O) groups excluding carboxylic acids is 1. The van der Waals surface area contributed by atoms with Gasteiger partial charge >= 0.3 is 6.03 Å². The maximum absolute atomic E-state index is 13.0. The molecule has 186 valence electrons. The number of piperidine rings is 1. The zero-order chi connectivity index (χ0) is 23.6. The summed E-state index contributed by atoms with van der Waals surface area (Å²) >= 11 is 0. The molecular weight excluding hydrogens is 414 g/mol. The van der Waals surface area contributed by atoms with Gasteiger partial charge in [0.15, 0.2) is 0 Å². The van der Waals surface area contributed by atoms with Crippen LogP contribution in [-0.4, -0.2) is 99.4 Å². The van der Waals surface area contributed by atoms with Crippen LogP contribution in [-0.2, 0) is 4.74 Å². The quantitative estimate of drug-likeness (QED) is 0.564. The molecule has 7 nitrogen and oxygen atoms in total. The number of ether oxygens (including phenoxy) is 1. The van der Waals surface area contributed by atoms with Crippen LogP contribution in [0, 0.1) is 5.92 Å². The monoisotopic (exact) mass is 459 g/mol. The summed E-state index contributed by atoms with van der Waals surface area (Å²) in [6, 6.07) is 11.1. The first kappa shape index (κ1) is 25.9. The van der Waals surface area contributed by atoms with E-state index in [2.05, 4.69) is 77.5 Å². The molecule has 0 unspecified atom stereocenters. The van der Waals surface area contributed by atoms with Gasteiger partial charge in [0.25, 0.3) is 0 Å². The molecular formula is C26H45N5O2. The molecule has 0 aromatic heterocycles. The molecule has 2 heterocycles. The SMILES string of the molecule is CC(C)C[C@H](CNC(=O)N[C@@H](CN(C)C1CCN(C)CC1)c1ccccc1)N1CCOCC1. The van der Waals surface area contributed by atoms with Crippen molar-refractivity contribution in [3.63, 3.8) is 0 Å². The van der Waals surface area contributed by atoms with Gasteiger partial charge < -0.3 is 25.2 Å². The Balaban J connectivity index is 1.58. The maximum atomic E-state index is 13.0. The van der Waals surface area contributed by atoms with Crippen LogP contribution in [0.2, 0.25) is 0 Å². The third-order valence-corrected chi connectivity index (χ3v) is 7.09. The largest absolute Gasteiger partial charge is 0.379 e. The van der Waals surface area contributed by atoms with Gasteiger partial charge in [0.1, 0.15) is 0 Å². The number of likely N-dealkylation sites (tertiary alicyclic amines) is 1.